The third kappa shape index (κ3) is 5.32. The van der Waals surface area contributed by atoms with Gasteiger partial charge in [0.2, 0.25) is 0 Å². The van der Waals surface area contributed by atoms with Gasteiger partial charge in [0.15, 0.2) is 11.5 Å². The van der Waals surface area contributed by atoms with Crippen LogP contribution in [0.3, 0.4) is 0 Å². The van der Waals surface area contributed by atoms with E-state index in [-0.39, 0.29) is 25.2 Å². The van der Waals surface area contributed by atoms with Crippen LogP contribution in [0.4, 0.5) is 0 Å². The molecule has 0 atom stereocenters. The molecule has 0 aliphatic heterocycles. The number of hydrogen-bond acceptors (Lipinski definition) is 6. The molecule has 0 aromatic heterocycles. The average Bonchev–Trinajstić information content (AvgIpc) is 2.55. The molecular formula is C17H22O6. The third-order valence-corrected chi connectivity index (χ3v) is 2.97. The van der Waals surface area contributed by atoms with Gasteiger partial charge in [-0.25, -0.2) is 4.79 Å². The summed E-state index contributed by atoms with van der Waals surface area (Å²) in [6, 6.07) is 5.05. The quantitative estimate of drug-likeness (QED) is 0.541. The van der Waals surface area contributed by atoms with Crippen LogP contribution in [0.1, 0.15) is 25.8 Å². The van der Waals surface area contributed by atoms with Crippen LogP contribution in [0, 0.1) is 0 Å². The summed E-state index contributed by atoms with van der Waals surface area (Å²) in [6.45, 7) is 3.97. The lowest BCUT2D eigenvalue weighted by Crippen LogP contribution is -2.09. The highest BCUT2D eigenvalue weighted by Crippen LogP contribution is 2.31. The molecule has 0 spiro atoms. The number of ether oxygens (including phenoxy) is 4. The van der Waals surface area contributed by atoms with Crippen molar-refractivity contribution in [2.24, 2.45) is 0 Å². The van der Waals surface area contributed by atoms with Crippen molar-refractivity contribution in [3.05, 3.63) is 29.8 Å². The Hall–Kier alpha value is -2.50. The molecule has 1 aromatic rings. The van der Waals surface area contributed by atoms with Crippen LogP contribution in [-0.2, 0) is 19.1 Å². The monoisotopic (exact) mass is 322 g/mol. The van der Waals surface area contributed by atoms with E-state index in [0.29, 0.717) is 17.1 Å². The van der Waals surface area contributed by atoms with Crippen LogP contribution < -0.4 is 9.47 Å². The van der Waals surface area contributed by atoms with E-state index >= 15 is 0 Å². The number of methoxy groups -OCH3 is 2. The normalized spacial score (nSPS) is 10.9. The fourth-order valence-electron chi connectivity index (χ4n) is 1.94. The van der Waals surface area contributed by atoms with Crippen molar-refractivity contribution < 1.29 is 28.5 Å². The zero-order valence-electron chi connectivity index (χ0n) is 13.9. The lowest BCUT2D eigenvalue weighted by Gasteiger charge is -2.12. The molecule has 0 aliphatic carbocycles. The minimum atomic E-state index is -0.510. The Kier molecular flexibility index (Phi) is 7.66. The van der Waals surface area contributed by atoms with Gasteiger partial charge in [0.25, 0.3) is 0 Å². The van der Waals surface area contributed by atoms with E-state index in [2.05, 4.69) is 0 Å². The smallest absolute Gasteiger partial charge is 0.338 e. The summed E-state index contributed by atoms with van der Waals surface area (Å²) in [4.78, 5) is 23.7. The van der Waals surface area contributed by atoms with Crippen LogP contribution in [-0.4, -0.2) is 39.4 Å². The second kappa shape index (κ2) is 9.50. The van der Waals surface area contributed by atoms with Crippen molar-refractivity contribution in [1.29, 1.82) is 0 Å². The predicted molar refractivity (Wildman–Crippen MR) is 85.4 cm³/mol. The predicted octanol–water partition coefficient (Wildman–Crippen LogP) is 2.60. The molecule has 126 valence electrons. The maximum atomic E-state index is 12.2. The van der Waals surface area contributed by atoms with E-state index in [4.69, 9.17) is 18.9 Å². The van der Waals surface area contributed by atoms with Gasteiger partial charge in [-0.15, -0.1) is 0 Å². The molecule has 0 saturated carbocycles. The van der Waals surface area contributed by atoms with Crippen molar-refractivity contribution in [2.75, 3.05) is 27.4 Å². The lowest BCUT2D eigenvalue weighted by molar-refractivity contribution is -0.142. The maximum Gasteiger partial charge on any atom is 0.338 e. The van der Waals surface area contributed by atoms with Gasteiger partial charge in [-0.1, -0.05) is 12.1 Å². The molecule has 0 heterocycles. The van der Waals surface area contributed by atoms with E-state index in [1.807, 2.05) is 0 Å². The molecule has 0 saturated heterocycles. The molecule has 1 rings (SSSR count). The summed E-state index contributed by atoms with van der Waals surface area (Å²) >= 11 is 0. The van der Waals surface area contributed by atoms with Crippen molar-refractivity contribution in [2.45, 2.75) is 20.3 Å². The molecule has 6 nitrogen and oxygen atoms in total. The zero-order chi connectivity index (χ0) is 17.2. The fourth-order valence-corrected chi connectivity index (χ4v) is 1.94. The lowest BCUT2D eigenvalue weighted by atomic mass is 10.0. The SMILES string of the molecule is CCOC(=O)C/C=C(\C(=O)OCC)c1ccc(OC)c(OC)c1. The average molecular weight is 322 g/mol. The Morgan fingerprint density at radius 2 is 1.65 bits per heavy atom. The topological polar surface area (TPSA) is 71.1 Å². The third-order valence-electron chi connectivity index (χ3n) is 2.97. The van der Waals surface area contributed by atoms with Crippen LogP contribution >= 0.6 is 0 Å². The molecule has 0 bridgehead atoms. The number of carbonyl (C=O) groups excluding carboxylic acids is 2. The summed E-state index contributed by atoms with van der Waals surface area (Å²) < 4.78 is 20.3. The van der Waals surface area contributed by atoms with Crippen LogP contribution in [0.5, 0.6) is 11.5 Å². The summed E-state index contributed by atoms with van der Waals surface area (Å²) in [5.74, 6) is 0.111. The minimum Gasteiger partial charge on any atom is -0.493 e. The van der Waals surface area contributed by atoms with Gasteiger partial charge in [-0.05, 0) is 31.5 Å². The van der Waals surface area contributed by atoms with Crippen LogP contribution in [0.15, 0.2) is 24.3 Å². The Morgan fingerprint density at radius 3 is 2.22 bits per heavy atom. The molecule has 0 aliphatic rings. The van der Waals surface area contributed by atoms with Gasteiger partial charge in [-0.2, -0.15) is 0 Å². The summed E-state index contributed by atoms with van der Waals surface area (Å²) in [7, 11) is 3.04. The number of carbonyl (C=O) groups is 2. The second-order valence-corrected chi connectivity index (χ2v) is 4.42. The number of hydrogen-bond donors (Lipinski definition) is 0. The Bertz CT molecular complexity index is 576. The number of esters is 2. The maximum absolute atomic E-state index is 12.2. The van der Waals surface area contributed by atoms with E-state index in [1.165, 1.54) is 20.3 Å². The Balaban J connectivity index is 3.16. The zero-order valence-corrected chi connectivity index (χ0v) is 13.9. The summed E-state index contributed by atoms with van der Waals surface area (Å²) in [6.07, 6.45) is 1.48. The van der Waals surface area contributed by atoms with Gasteiger partial charge in [0, 0.05) is 0 Å². The molecule has 0 fully saturated rings. The molecule has 6 heteroatoms. The second-order valence-electron chi connectivity index (χ2n) is 4.42. The van der Waals surface area contributed by atoms with E-state index in [0.717, 1.165) is 0 Å². The molecule has 23 heavy (non-hydrogen) atoms. The summed E-state index contributed by atoms with van der Waals surface area (Å²) in [5, 5.41) is 0. The summed E-state index contributed by atoms with van der Waals surface area (Å²) in [5.41, 5.74) is 0.853. The van der Waals surface area contributed by atoms with Crippen LogP contribution in [0.2, 0.25) is 0 Å². The van der Waals surface area contributed by atoms with E-state index in [9.17, 15) is 9.59 Å². The van der Waals surface area contributed by atoms with Crippen molar-refractivity contribution in [3.8, 4) is 11.5 Å². The largest absolute Gasteiger partial charge is 0.493 e. The van der Waals surface area contributed by atoms with Gasteiger partial charge in [0.1, 0.15) is 0 Å². The molecular weight excluding hydrogens is 300 g/mol. The van der Waals surface area contributed by atoms with E-state index < -0.39 is 11.9 Å². The number of benzene rings is 1. The fraction of sp³-hybridized carbons (Fsp3) is 0.412. The van der Waals surface area contributed by atoms with Crippen LogP contribution in [0.25, 0.3) is 5.57 Å². The highest BCUT2D eigenvalue weighted by molar-refractivity contribution is 6.17. The molecule has 0 radical (unpaired) electrons. The van der Waals surface area contributed by atoms with Gasteiger partial charge in [-0.3, -0.25) is 4.79 Å². The first-order valence-electron chi connectivity index (χ1n) is 7.32. The van der Waals surface area contributed by atoms with Gasteiger partial charge >= 0.3 is 11.9 Å². The Morgan fingerprint density at radius 1 is 1.00 bits per heavy atom. The van der Waals surface area contributed by atoms with E-state index in [1.54, 1.807) is 32.0 Å². The molecule has 0 amide bonds. The molecule has 0 N–H and O–H groups in total. The molecule has 1 aromatic carbocycles. The highest BCUT2D eigenvalue weighted by atomic mass is 16.5. The molecule has 0 unspecified atom stereocenters. The Labute approximate surface area is 136 Å². The van der Waals surface area contributed by atoms with Gasteiger partial charge in [0.05, 0.1) is 39.4 Å². The minimum absolute atomic E-state index is 0.0175. The van der Waals surface area contributed by atoms with Gasteiger partial charge < -0.3 is 18.9 Å². The van der Waals surface area contributed by atoms with Crippen molar-refractivity contribution >= 4 is 17.5 Å². The van der Waals surface area contributed by atoms with Crippen molar-refractivity contribution in [1.82, 2.24) is 0 Å². The van der Waals surface area contributed by atoms with Crippen molar-refractivity contribution in [3.63, 3.8) is 0 Å². The standard InChI is InChI=1S/C17H22O6/c1-5-22-16(18)10-8-13(17(19)23-6-2)12-7-9-14(20-3)15(11-12)21-4/h7-9,11H,5-6,10H2,1-4H3/b13-8-. The first-order chi connectivity index (χ1) is 11.1. The first-order valence-corrected chi connectivity index (χ1v) is 7.32. The first kappa shape index (κ1) is 18.5. The number of rotatable bonds is 8. The highest BCUT2D eigenvalue weighted by Gasteiger charge is 2.16.